The Bertz CT molecular complexity index is 1070. The third kappa shape index (κ3) is 3.80. The summed E-state index contributed by atoms with van der Waals surface area (Å²) in [7, 11) is 1.76. The summed E-state index contributed by atoms with van der Waals surface area (Å²) in [5.41, 5.74) is 2.31. The number of hydrogen-bond acceptors (Lipinski definition) is 5. The van der Waals surface area contributed by atoms with Crippen LogP contribution in [0.4, 0.5) is 5.69 Å². The lowest BCUT2D eigenvalue weighted by Crippen LogP contribution is -2.31. The highest BCUT2D eigenvalue weighted by Crippen LogP contribution is 2.43. The first-order valence-corrected chi connectivity index (χ1v) is 10.6. The third-order valence-electron chi connectivity index (χ3n) is 5.35. The zero-order valence-electron chi connectivity index (χ0n) is 16.8. The number of amides is 1. The summed E-state index contributed by atoms with van der Waals surface area (Å²) in [6.45, 7) is 1.64. The van der Waals surface area contributed by atoms with Gasteiger partial charge in [-0.05, 0) is 42.6 Å². The van der Waals surface area contributed by atoms with E-state index in [-0.39, 0.29) is 24.7 Å². The molecule has 1 fully saturated rings. The van der Waals surface area contributed by atoms with E-state index in [2.05, 4.69) is 0 Å². The first-order valence-electron chi connectivity index (χ1n) is 9.69. The average Bonchev–Trinajstić information content (AvgIpc) is 3.46. The first-order chi connectivity index (χ1) is 14.5. The number of ether oxygens (including phenoxy) is 1. The van der Waals surface area contributed by atoms with Gasteiger partial charge in [-0.2, -0.15) is 0 Å². The van der Waals surface area contributed by atoms with Crippen LogP contribution in [0.25, 0.3) is 0 Å². The monoisotopic (exact) mass is 422 g/mol. The van der Waals surface area contributed by atoms with E-state index in [1.807, 2.05) is 48.7 Å². The number of thiophene rings is 1. The van der Waals surface area contributed by atoms with Crippen LogP contribution in [0, 0.1) is 12.8 Å². The van der Waals surface area contributed by atoms with E-state index in [9.17, 15) is 14.4 Å². The summed E-state index contributed by atoms with van der Waals surface area (Å²) < 4.78 is 7.05. The van der Waals surface area contributed by atoms with Crippen molar-refractivity contribution in [3.63, 3.8) is 0 Å². The molecule has 0 N–H and O–H groups in total. The first kappa shape index (κ1) is 20.1. The van der Waals surface area contributed by atoms with Gasteiger partial charge in [0.05, 0.1) is 17.7 Å². The number of ketones is 1. The van der Waals surface area contributed by atoms with Crippen LogP contribution in [-0.4, -0.2) is 28.8 Å². The van der Waals surface area contributed by atoms with Crippen molar-refractivity contribution in [2.24, 2.45) is 13.0 Å². The van der Waals surface area contributed by atoms with Crippen molar-refractivity contribution >= 4 is 34.7 Å². The van der Waals surface area contributed by atoms with E-state index in [1.165, 1.54) is 11.3 Å². The lowest BCUT2D eigenvalue weighted by molar-refractivity contribution is -0.148. The fourth-order valence-corrected chi connectivity index (χ4v) is 4.69. The molecule has 30 heavy (non-hydrogen) atoms. The average molecular weight is 423 g/mol. The van der Waals surface area contributed by atoms with Crippen LogP contribution in [0.3, 0.4) is 0 Å². The number of rotatable bonds is 6. The highest BCUT2D eigenvalue weighted by atomic mass is 32.1. The Morgan fingerprint density at radius 2 is 1.90 bits per heavy atom. The normalized spacial score (nSPS) is 18.6. The molecule has 0 saturated carbocycles. The Labute approximate surface area is 178 Å². The predicted octanol–water partition coefficient (Wildman–Crippen LogP) is 3.92. The van der Waals surface area contributed by atoms with Crippen LogP contribution in [0.5, 0.6) is 0 Å². The fraction of sp³-hybridized carbons (Fsp3) is 0.261. The van der Waals surface area contributed by atoms with E-state index < -0.39 is 17.9 Å². The van der Waals surface area contributed by atoms with E-state index >= 15 is 0 Å². The Morgan fingerprint density at radius 1 is 1.13 bits per heavy atom. The van der Waals surface area contributed by atoms with Gasteiger partial charge in [0.15, 0.2) is 6.61 Å². The van der Waals surface area contributed by atoms with Gasteiger partial charge >= 0.3 is 5.97 Å². The minimum Gasteiger partial charge on any atom is -0.457 e. The van der Waals surface area contributed by atoms with Gasteiger partial charge in [-0.1, -0.05) is 23.8 Å². The topological polar surface area (TPSA) is 68.6 Å². The number of aryl methyl sites for hydroxylation is 2. The van der Waals surface area contributed by atoms with Gasteiger partial charge in [-0.25, -0.2) is 0 Å². The summed E-state index contributed by atoms with van der Waals surface area (Å²) in [6.07, 6.45) is 1.81. The summed E-state index contributed by atoms with van der Waals surface area (Å²) in [5.74, 6) is -1.60. The molecule has 6 nitrogen and oxygen atoms in total. The molecule has 0 aliphatic carbocycles. The summed E-state index contributed by atoms with van der Waals surface area (Å²) in [5, 5.41) is 1.92. The maximum atomic E-state index is 12.9. The van der Waals surface area contributed by atoms with Gasteiger partial charge in [0, 0.05) is 30.2 Å². The highest BCUT2D eigenvalue weighted by Gasteiger charge is 2.46. The summed E-state index contributed by atoms with van der Waals surface area (Å²) in [4.78, 5) is 40.8. The number of carbonyl (C=O) groups excluding carboxylic acids is 3. The van der Waals surface area contributed by atoms with E-state index in [4.69, 9.17) is 4.74 Å². The molecule has 1 amide bonds. The van der Waals surface area contributed by atoms with Crippen molar-refractivity contribution < 1.29 is 19.1 Å². The molecular formula is C23H22N2O4S. The second kappa shape index (κ2) is 8.28. The lowest BCUT2D eigenvalue weighted by Gasteiger charge is -2.27. The zero-order valence-corrected chi connectivity index (χ0v) is 17.6. The number of carbonyl (C=O) groups is 3. The highest BCUT2D eigenvalue weighted by molar-refractivity contribution is 7.10. The quantitative estimate of drug-likeness (QED) is 0.446. The largest absolute Gasteiger partial charge is 0.457 e. The molecule has 0 radical (unpaired) electrons. The maximum absolute atomic E-state index is 12.9. The Morgan fingerprint density at radius 3 is 2.53 bits per heavy atom. The fourth-order valence-electron chi connectivity index (χ4n) is 3.81. The van der Waals surface area contributed by atoms with Crippen molar-refractivity contribution in [1.82, 2.24) is 4.57 Å². The van der Waals surface area contributed by atoms with Crippen LogP contribution in [0.2, 0.25) is 0 Å². The smallest absolute Gasteiger partial charge is 0.312 e. The van der Waals surface area contributed by atoms with Crippen LogP contribution in [0.1, 0.15) is 33.4 Å². The number of nitrogens with zero attached hydrogens (tertiary/aromatic N) is 2. The molecule has 2 aromatic heterocycles. The molecule has 3 heterocycles. The second-order valence-electron chi connectivity index (χ2n) is 7.41. The Hall–Kier alpha value is -3.19. The summed E-state index contributed by atoms with van der Waals surface area (Å²) in [6, 6.07) is 14.5. The van der Waals surface area contributed by atoms with Crippen molar-refractivity contribution in [3.8, 4) is 0 Å². The minimum absolute atomic E-state index is 0.0492. The van der Waals surface area contributed by atoms with E-state index in [0.717, 1.165) is 16.1 Å². The van der Waals surface area contributed by atoms with Crippen LogP contribution in [-0.2, 0) is 21.4 Å². The van der Waals surface area contributed by atoms with Crippen molar-refractivity contribution in [3.05, 3.63) is 76.2 Å². The van der Waals surface area contributed by atoms with Crippen molar-refractivity contribution in [2.45, 2.75) is 19.4 Å². The van der Waals surface area contributed by atoms with Gasteiger partial charge in [-0.15, -0.1) is 11.3 Å². The lowest BCUT2D eigenvalue weighted by atomic mass is 9.98. The van der Waals surface area contributed by atoms with Gasteiger partial charge in [0.1, 0.15) is 0 Å². The van der Waals surface area contributed by atoms with Crippen molar-refractivity contribution in [2.75, 3.05) is 11.5 Å². The van der Waals surface area contributed by atoms with E-state index in [0.29, 0.717) is 5.69 Å². The molecule has 1 saturated heterocycles. The molecule has 0 spiro atoms. The van der Waals surface area contributed by atoms with Crippen LogP contribution >= 0.6 is 11.3 Å². The van der Waals surface area contributed by atoms with Crippen molar-refractivity contribution in [1.29, 1.82) is 0 Å². The molecule has 4 rings (SSSR count). The molecular weight excluding hydrogens is 400 g/mol. The number of benzene rings is 1. The van der Waals surface area contributed by atoms with Gasteiger partial charge < -0.3 is 14.2 Å². The number of aromatic nitrogens is 1. The molecule has 1 aliphatic rings. The predicted molar refractivity (Wildman–Crippen MR) is 115 cm³/mol. The van der Waals surface area contributed by atoms with Crippen LogP contribution < -0.4 is 4.90 Å². The molecule has 2 atom stereocenters. The van der Waals surface area contributed by atoms with Gasteiger partial charge in [0.2, 0.25) is 11.7 Å². The Balaban J connectivity index is 1.56. The molecule has 1 aromatic carbocycles. The minimum atomic E-state index is -0.668. The number of anilines is 1. The van der Waals surface area contributed by atoms with Gasteiger partial charge in [0.25, 0.3) is 0 Å². The SMILES string of the molecule is Cc1ccc(N2C(=O)CC(C(=O)OCC(=O)c3cccn3C)C2c2cccs2)cc1. The maximum Gasteiger partial charge on any atom is 0.312 e. The number of Topliss-reactive ketones (excluding diaryl/α,β-unsaturated/α-hetero) is 1. The number of hydrogen-bond donors (Lipinski definition) is 0. The molecule has 0 bridgehead atoms. The van der Waals surface area contributed by atoms with Gasteiger partial charge in [-0.3, -0.25) is 14.4 Å². The second-order valence-corrected chi connectivity index (χ2v) is 8.38. The molecule has 2 unspecified atom stereocenters. The molecule has 7 heteroatoms. The Kier molecular flexibility index (Phi) is 5.55. The number of esters is 1. The third-order valence-corrected chi connectivity index (χ3v) is 6.29. The zero-order chi connectivity index (χ0) is 21.3. The molecule has 1 aliphatic heterocycles. The molecule has 3 aromatic rings. The van der Waals surface area contributed by atoms with Crippen LogP contribution in [0.15, 0.2) is 60.1 Å². The summed E-state index contributed by atoms with van der Waals surface area (Å²) >= 11 is 1.50. The molecule has 154 valence electrons. The standard InChI is InChI=1S/C23H22N2O4S/c1-15-7-9-16(10-8-15)25-21(27)13-17(22(25)20-6-4-12-30-20)23(28)29-14-19(26)18-5-3-11-24(18)2/h3-12,17,22H,13-14H2,1-2H3. The van der Waals surface area contributed by atoms with E-state index in [1.54, 1.807) is 34.8 Å².